The van der Waals surface area contributed by atoms with E-state index in [1.54, 1.807) is 16.8 Å². The second-order valence-corrected chi connectivity index (χ2v) is 24.7. The lowest BCUT2D eigenvalue weighted by Crippen LogP contribution is -2.61. The number of aromatic nitrogens is 1. The topological polar surface area (TPSA) is 316 Å². The summed E-state index contributed by atoms with van der Waals surface area (Å²) in [5.74, 6) is -5.47. The zero-order chi connectivity index (χ0) is 59.6. The van der Waals surface area contributed by atoms with Gasteiger partial charge in [0.25, 0.3) is 11.4 Å². The fraction of sp³-hybridized carbons (Fsp3) is 0.419. The first-order valence-corrected chi connectivity index (χ1v) is 30.4. The lowest BCUT2D eigenvalue weighted by Gasteiger charge is -2.39. The van der Waals surface area contributed by atoms with Crippen molar-refractivity contribution < 1.29 is 62.3 Å². The van der Waals surface area contributed by atoms with Crippen molar-refractivity contribution in [1.82, 2.24) is 30.7 Å². The molecule has 10 rings (SSSR count). The van der Waals surface area contributed by atoms with Crippen LogP contribution in [0, 0.1) is 17.8 Å². The summed E-state index contributed by atoms with van der Waals surface area (Å²) in [5.41, 5.74) is 8.55. The highest BCUT2D eigenvalue weighted by Crippen LogP contribution is 2.45. The number of H-pyrrole nitrogens is 1. The third kappa shape index (κ3) is 13.0. The van der Waals surface area contributed by atoms with E-state index in [2.05, 4.69) is 20.9 Å². The van der Waals surface area contributed by atoms with Gasteiger partial charge in [0.15, 0.2) is 5.78 Å². The number of hydrogen-bond acceptors (Lipinski definition) is 11. The Labute approximate surface area is 485 Å². The molecule has 1 unspecified atom stereocenters. The number of amides is 8. The number of benzene rings is 4. The van der Waals surface area contributed by atoms with Crippen LogP contribution in [0.25, 0.3) is 10.9 Å². The van der Waals surface area contributed by atoms with Crippen molar-refractivity contribution >= 4 is 82.8 Å². The normalized spacial score (nSPS) is 23.1. The SMILES string of the molecule is CN1C(=O)C([C@@H]2CCC(=O)NC2=O)c2ccc(CC3CCC(CC(=O)N4CC[C@H]5CC[C@@H](C(=O)N[C@@H](CCC(N)=O)C(=O)CC(c6ccccc6)c6ccccc6)N5C(=O)[C@@H](NC(=O)c5cc6cc(C(=O)P(=O)(O)O)ccc6[nH]5)C4)CC3)cc21. The molecule has 8 amide bonds. The smallest absolute Gasteiger partial charge is 0.370 e. The lowest BCUT2D eigenvalue weighted by atomic mass is 9.77. The van der Waals surface area contributed by atoms with Crippen LogP contribution in [0.15, 0.2) is 103 Å². The summed E-state index contributed by atoms with van der Waals surface area (Å²) in [6.07, 6.45) is 5.25. The highest BCUT2D eigenvalue weighted by molar-refractivity contribution is 7.70. The van der Waals surface area contributed by atoms with E-state index < -0.39 is 78.7 Å². The number of likely N-dealkylation sites (N-methyl/N-ethyl adjacent to an activating group) is 1. The number of hydrogen-bond donors (Lipinski definition) is 7. The standard InChI is InChI=1S/C62H69N8O13P/c1-68-51-29-37(16-19-43(51)56(61(68)79)44-20-25-54(73)67-57(44)75)28-35-12-14-36(15-13-35)30-55(74)69-27-26-42-18-23-50(59(77)65-47(22-24-53(63)72)52(71)33-45(38-8-4-2-5-9-38)39-10-6-3-7-11-39)70(42)60(78)49(34-69)66-58(76)48-32-41-31-40(17-21-46(41)64-48)62(80)84(81,82)83/h2-11,16-17,19,21,29,31-32,35-36,42,44-45,47,49-50,56,64H,12-15,18,20,22-28,30,33-34H2,1H3,(H2,63,72)(H,65,77)(H,66,76)(H,67,73,75)(H2,81,82,83)/t35?,36?,42-,44+,47+,49+,50+,56?/m1/s1. The number of carbonyl (C=O) groups is 10. The minimum atomic E-state index is -5.13. The Morgan fingerprint density at radius 2 is 1.48 bits per heavy atom. The average Bonchev–Trinajstić information content (AvgIpc) is 3.38. The largest absolute Gasteiger partial charge is 0.396 e. The van der Waals surface area contributed by atoms with Crippen molar-refractivity contribution in [3.05, 3.63) is 137 Å². The number of rotatable bonds is 19. The van der Waals surface area contributed by atoms with Crippen molar-refractivity contribution in [3.8, 4) is 0 Å². The fourth-order valence-electron chi connectivity index (χ4n) is 13.3. The number of ketones is 1. The van der Waals surface area contributed by atoms with Gasteiger partial charge in [-0.2, -0.15) is 0 Å². The number of anilines is 1. The molecule has 0 radical (unpaired) electrons. The Hall–Kier alpha value is -8.13. The van der Waals surface area contributed by atoms with Gasteiger partial charge in [0.2, 0.25) is 41.4 Å². The van der Waals surface area contributed by atoms with Gasteiger partial charge in [-0.3, -0.25) is 57.8 Å². The van der Waals surface area contributed by atoms with E-state index in [9.17, 15) is 57.5 Å². The van der Waals surface area contributed by atoms with Crippen LogP contribution in [0.5, 0.6) is 0 Å². The molecule has 1 saturated carbocycles. The Kier molecular flexibility index (Phi) is 17.6. The van der Waals surface area contributed by atoms with Crippen LogP contribution in [0.1, 0.15) is 138 Å². The van der Waals surface area contributed by atoms with E-state index >= 15 is 4.79 Å². The van der Waals surface area contributed by atoms with E-state index in [1.807, 2.05) is 78.9 Å². The van der Waals surface area contributed by atoms with Gasteiger partial charge in [0, 0.05) is 79.9 Å². The van der Waals surface area contributed by atoms with Gasteiger partial charge in [-0.1, -0.05) is 72.8 Å². The van der Waals surface area contributed by atoms with E-state index in [0.29, 0.717) is 30.7 Å². The number of primary amides is 1. The minimum Gasteiger partial charge on any atom is -0.370 e. The maximum atomic E-state index is 15.2. The molecule has 1 aliphatic carbocycles. The molecule has 6 atom stereocenters. The molecule has 1 aromatic heterocycles. The number of aromatic amines is 1. The first-order chi connectivity index (χ1) is 40.2. The predicted octanol–water partition coefficient (Wildman–Crippen LogP) is 5.27. The molecule has 5 aromatic rings. The monoisotopic (exact) mass is 1160 g/mol. The highest BCUT2D eigenvalue weighted by atomic mass is 31.2. The summed E-state index contributed by atoms with van der Waals surface area (Å²) in [5, 5.41) is 8.37. The molecule has 4 aromatic carbocycles. The summed E-state index contributed by atoms with van der Waals surface area (Å²) >= 11 is 0. The molecule has 5 heterocycles. The number of nitrogens with zero attached hydrogens (tertiary/aromatic N) is 3. The molecular formula is C62H69N8O13P. The van der Waals surface area contributed by atoms with Crippen molar-refractivity contribution in [1.29, 1.82) is 0 Å². The molecular weight excluding hydrogens is 1100 g/mol. The van der Waals surface area contributed by atoms with Crippen molar-refractivity contribution in [2.45, 2.75) is 126 Å². The minimum absolute atomic E-state index is 0.0172. The Bertz CT molecular complexity index is 3430. The average molecular weight is 1170 g/mol. The second-order valence-electron chi connectivity index (χ2n) is 23.2. The molecule has 3 saturated heterocycles. The number of fused-ring (bicyclic) bond motifs is 3. The number of piperidine rings is 1. The fourth-order valence-corrected chi connectivity index (χ4v) is 13.7. The van der Waals surface area contributed by atoms with Crippen LogP contribution < -0.4 is 26.6 Å². The number of carbonyl (C=O) groups excluding carboxylic acids is 10. The Morgan fingerprint density at radius 3 is 2.14 bits per heavy atom. The zero-order valence-electron chi connectivity index (χ0n) is 46.6. The maximum absolute atomic E-state index is 15.2. The molecule has 4 aliphatic heterocycles. The highest BCUT2D eigenvalue weighted by Gasteiger charge is 2.48. The summed E-state index contributed by atoms with van der Waals surface area (Å²) in [6, 6.07) is 25.9. The van der Waals surface area contributed by atoms with Crippen LogP contribution in [-0.4, -0.2) is 127 Å². The van der Waals surface area contributed by atoms with Gasteiger partial charge in [0.1, 0.15) is 17.8 Å². The van der Waals surface area contributed by atoms with Gasteiger partial charge in [-0.25, -0.2) is 0 Å². The number of nitrogens with one attached hydrogen (secondary N) is 4. The number of imide groups is 1. The second kappa shape index (κ2) is 25.0. The van der Waals surface area contributed by atoms with Crippen LogP contribution in [-0.2, 0) is 49.3 Å². The predicted molar refractivity (Wildman–Crippen MR) is 308 cm³/mol. The van der Waals surface area contributed by atoms with Crippen LogP contribution in [0.4, 0.5) is 5.69 Å². The van der Waals surface area contributed by atoms with E-state index in [0.717, 1.165) is 60.0 Å². The molecule has 440 valence electrons. The quantitative estimate of drug-likeness (QED) is 0.0410. The molecule has 0 bridgehead atoms. The summed E-state index contributed by atoms with van der Waals surface area (Å²) in [6.45, 7) is -0.0386. The number of nitrogens with two attached hydrogens (primary N) is 1. The molecule has 84 heavy (non-hydrogen) atoms. The van der Waals surface area contributed by atoms with Crippen LogP contribution in [0.2, 0.25) is 0 Å². The molecule has 8 N–H and O–H groups in total. The number of Topliss-reactive ketones (excluding diaryl/α,β-unsaturated/α-hetero) is 1. The third-order valence-corrected chi connectivity index (χ3v) is 18.5. The van der Waals surface area contributed by atoms with E-state index in [1.165, 1.54) is 29.2 Å². The van der Waals surface area contributed by atoms with E-state index in [-0.39, 0.29) is 104 Å². The molecule has 21 nitrogen and oxygen atoms in total. The van der Waals surface area contributed by atoms with Crippen molar-refractivity contribution in [3.63, 3.8) is 0 Å². The van der Waals surface area contributed by atoms with Crippen molar-refractivity contribution in [2.75, 3.05) is 25.0 Å². The lowest BCUT2D eigenvalue weighted by molar-refractivity contribution is -0.146. The van der Waals surface area contributed by atoms with E-state index in [4.69, 9.17) is 5.73 Å². The van der Waals surface area contributed by atoms with Gasteiger partial charge in [-0.15, -0.1) is 0 Å². The first-order valence-electron chi connectivity index (χ1n) is 28.8. The van der Waals surface area contributed by atoms with Gasteiger partial charge in [-0.05, 0) is 129 Å². The Balaban J connectivity index is 0.838. The summed E-state index contributed by atoms with van der Waals surface area (Å²) < 4.78 is 11.8. The first kappa shape index (κ1) is 59.0. The molecule has 5 aliphatic rings. The molecule has 22 heteroatoms. The third-order valence-electron chi connectivity index (χ3n) is 17.7. The van der Waals surface area contributed by atoms with Crippen molar-refractivity contribution in [2.24, 2.45) is 23.5 Å². The van der Waals surface area contributed by atoms with Crippen LogP contribution in [0.3, 0.4) is 0 Å². The van der Waals surface area contributed by atoms with Gasteiger partial charge in [0.05, 0.1) is 17.9 Å². The van der Waals surface area contributed by atoms with Gasteiger partial charge < -0.3 is 45.8 Å². The maximum Gasteiger partial charge on any atom is 0.396 e. The summed E-state index contributed by atoms with van der Waals surface area (Å²) in [7, 11) is -3.42. The van der Waals surface area contributed by atoms with Gasteiger partial charge >= 0.3 is 7.60 Å². The Morgan fingerprint density at radius 1 is 0.786 bits per heavy atom. The van der Waals surface area contributed by atoms with Crippen LogP contribution >= 0.6 is 7.60 Å². The molecule has 4 fully saturated rings. The summed E-state index contributed by atoms with van der Waals surface area (Å²) in [4.78, 5) is 163. The zero-order valence-corrected chi connectivity index (χ0v) is 47.5. The molecule has 0 spiro atoms.